The van der Waals surface area contributed by atoms with Crippen molar-refractivity contribution < 1.29 is 14.2 Å². The zero-order valence-electron chi connectivity index (χ0n) is 23.0. The zero-order chi connectivity index (χ0) is 27.1. The molecule has 0 fully saturated rings. The van der Waals surface area contributed by atoms with E-state index < -0.39 is 0 Å². The van der Waals surface area contributed by atoms with Crippen molar-refractivity contribution >= 4 is 12.2 Å². The van der Waals surface area contributed by atoms with Gasteiger partial charge in [0.15, 0.2) is 0 Å². The molecule has 0 spiro atoms. The maximum atomic E-state index is 6.02. The maximum Gasteiger partial charge on any atom is 0.127 e. The standard InChI is InChI=1S/C36H38O3/c1-3-13-31-27-35(38-33-17-7-5-8-18-33)23-21-29(31)15-11-25-37-26-12-16-30-22-24-36(28-32(30)14-4-2)39-34-19-9-6-10-20-34/h5-12,15-24,27-28H,3-4,13-14,25-26H2,1-2H3. The Hall–Kier alpha value is -4.08. The van der Waals surface area contributed by atoms with E-state index >= 15 is 0 Å². The SMILES string of the molecule is CCCc1cc(Oc2ccccc2)ccc1C=CCOCC=Cc1ccc(Oc2ccccc2)cc1CCC. The van der Waals surface area contributed by atoms with Gasteiger partial charge in [-0.15, -0.1) is 0 Å². The zero-order valence-corrected chi connectivity index (χ0v) is 23.0. The van der Waals surface area contributed by atoms with Gasteiger partial charge in [0.1, 0.15) is 23.0 Å². The minimum absolute atomic E-state index is 0.559. The molecule has 4 aromatic rings. The molecule has 4 rings (SSSR count). The largest absolute Gasteiger partial charge is 0.457 e. The number of ether oxygens (including phenoxy) is 3. The lowest BCUT2D eigenvalue weighted by Gasteiger charge is -2.10. The van der Waals surface area contributed by atoms with E-state index in [1.807, 2.05) is 72.8 Å². The van der Waals surface area contributed by atoms with Crippen molar-refractivity contribution in [3.63, 3.8) is 0 Å². The molecule has 4 aromatic carbocycles. The quantitative estimate of drug-likeness (QED) is 0.155. The van der Waals surface area contributed by atoms with Crippen LogP contribution in [0.15, 0.2) is 109 Å². The monoisotopic (exact) mass is 518 g/mol. The van der Waals surface area contributed by atoms with E-state index in [4.69, 9.17) is 14.2 Å². The Morgan fingerprint density at radius 2 is 0.949 bits per heavy atom. The van der Waals surface area contributed by atoms with Crippen LogP contribution in [-0.2, 0) is 17.6 Å². The summed E-state index contributed by atoms with van der Waals surface area (Å²) in [7, 11) is 0. The Labute approximate surface area is 233 Å². The summed E-state index contributed by atoms with van der Waals surface area (Å²) in [6, 6.07) is 32.4. The molecule has 0 atom stereocenters. The van der Waals surface area contributed by atoms with Gasteiger partial charge < -0.3 is 14.2 Å². The minimum atomic E-state index is 0.559. The van der Waals surface area contributed by atoms with Gasteiger partial charge in [-0.2, -0.15) is 0 Å². The van der Waals surface area contributed by atoms with Crippen molar-refractivity contribution in [2.75, 3.05) is 13.2 Å². The van der Waals surface area contributed by atoms with Crippen LogP contribution < -0.4 is 9.47 Å². The predicted octanol–water partition coefficient (Wildman–Crippen LogP) is 9.92. The van der Waals surface area contributed by atoms with Gasteiger partial charge in [0, 0.05) is 0 Å². The van der Waals surface area contributed by atoms with Gasteiger partial charge in [-0.3, -0.25) is 0 Å². The summed E-state index contributed by atoms with van der Waals surface area (Å²) in [5.41, 5.74) is 4.98. The highest BCUT2D eigenvalue weighted by Gasteiger charge is 2.05. The number of aryl methyl sites for hydroxylation is 2. The fraction of sp³-hybridized carbons (Fsp3) is 0.222. The van der Waals surface area contributed by atoms with Crippen LogP contribution in [0, 0.1) is 0 Å². The van der Waals surface area contributed by atoms with Crippen LogP contribution in [0.4, 0.5) is 0 Å². The normalized spacial score (nSPS) is 11.3. The first-order chi connectivity index (χ1) is 19.2. The van der Waals surface area contributed by atoms with E-state index in [9.17, 15) is 0 Å². The second-order valence-corrected chi connectivity index (χ2v) is 9.39. The number of para-hydroxylation sites is 2. The first-order valence-electron chi connectivity index (χ1n) is 13.9. The minimum Gasteiger partial charge on any atom is -0.457 e. The van der Waals surface area contributed by atoms with E-state index in [2.05, 4.69) is 62.4 Å². The third kappa shape index (κ3) is 9.01. The lowest BCUT2D eigenvalue weighted by atomic mass is 10.0. The van der Waals surface area contributed by atoms with Crippen LogP contribution in [0.5, 0.6) is 23.0 Å². The maximum absolute atomic E-state index is 6.02. The van der Waals surface area contributed by atoms with E-state index in [1.54, 1.807) is 0 Å². The summed E-state index contributed by atoms with van der Waals surface area (Å²) in [6.07, 6.45) is 12.6. The molecular weight excluding hydrogens is 480 g/mol. The molecule has 0 radical (unpaired) electrons. The molecule has 0 aliphatic carbocycles. The van der Waals surface area contributed by atoms with Crippen LogP contribution in [-0.4, -0.2) is 13.2 Å². The molecule has 39 heavy (non-hydrogen) atoms. The molecule has 3 nitrogen and oxygen atoms in total. The molecule has 0 bridgehead atoms. The van der Waals surface area contributed by atoms with Crippen molar-refractivity contribution in [2.24, 2.45) is 0 Å². The summed E-state index contributed by atoms with van der Waals surface area (Å²) >= 11 is 0. The first kappa shape index (κ1) is 27.9. The summed E-state index contributed by atoms with van der Waals surface area (Å²) < 4.78 is 17.9. The van der Waals surface area contributed by atoms with E-state index in [0.717, 1.165) is 48.7 Å². The Morgan fingerprint density at radius 1 is 0.513 bits per heavy atom. The Kier molecular flexibility index (Phi) is 11.0. The molecule has 0 saturated heterocycles. The van der Waals surface area contributed by atoms with Crippen molar-refractivity contribution in [1.82, 2.24) is 0 Å². The molecule has 0 aromatic heterocycles. The molecule has 0 unspecified atom stereocenters. The third-order valence-electron chi connectivity index (χ3n) is 6.25. The van der Waals surface area contributed by atoms with Gasteiger partial charge in [-0.05, 0) is 83.6 Å². The van der Waals surface area contributed by atoms with Gasteiger partial charge in [-0.25, -0.2) is 0 Å². The van der Waals surface area contributed by atoms with Crippen LogP contribution in [0.2, 0.25) is 0 Å². The predicted molar refractivity (Wildman–Crippen MR) is 163 cm³/mol. The number of rotatable bonds is 14. The lowest BCUT2D eigenvalue weighted by molar-refractivity contribution is 0.195. The molecular formula is C36H38O3. The van der Waals surface area contributed by atoms with Gasteiger partial charge >= 0.3 is 0 Å². The highest BCUT2D eigenvalue weighted by atomic mass is 16.5. The summed E-state index contributed by atoms with van der Waals surface area (Å²) in [6.45, 7) is 5.51. The first-order valence-corrected chi connectivity index (χ1v) is 13.9. The van der Waals surface area contributed by atoms with Crippen LogP contribution in [0.1, 0.15) is 48.9 Å². The fourth-order valence-electron chi connectivity index (χ4n) is 4.39. The molecule has 0 aliphatic heterocycles. The smallest absolute Gasteiger partial charge is 0.127 e. The second kappa shape index (κ2) is 15.4. The average molecular weight is 519 g/mol. The Balaban J connectivity index is 1.29. The van der Waals surface area contributed by atoms with E-state index in [1.165, 1.54) is 22.3 Å². The molecule has 200 valence electrons. The molecule has 0 N–H and O–H groups in total. The van der Waals surface area contributed by atoms with E-state index in [0.29, 0.717) is 13.2 Å². The Morgan fingerprint density at radius 3 is 1.36 bits per heavy atom. The Bertz CT molecular complexity index is 1240. The molecule has 0 saturated carbocycles. The van der Waals surface area contributed by atoms with Crippen LogP contribution >= 0.6 is 0 Å². The van der Waals surface area contributed by atoms with Gasteiger partial charge in [0.2, 0.25) is 0 Å². The lowest BCUT2D eigenvalue weighted by Crippen LogP contribution is -1.94. The summed E-state index contributed by atoms with van der Waals surface area (Å²) in [5.74, 6) is 3.43. The highest BCUT2D eigenvalue weighted by Crippen LogP contribution is 2.27. The molecule has 0 heterocycles. The van der Waals surface area contributed by atoms with Crippen molar-refractivity contribution in [2.45, 2.75) is 39.5 Å². The number of benzene rings is 4. The van der Waals surface area contributed by atoms with Crippen molar-refractivity contribution in [1.29, 1.82) is 0 Å². The van der Waals surface area contributed by atoms with E-state index in [-0.39, 0.29) is 0 Å². The third-order valence-corrected chi connectivity index (χ3v) is 6.25. The molecule has 0 aliphatic rings. The van der Waals surface area contributed by atoms with Crippen molar-refractivity contribution in [3.05, 3.63) is 131 Å². The molecule has 0 amide bonds. The van der Waals surface area contributed by atoms with Crippen molar-refractivity contribution in [3.8, 4) is 23.0 Å². The van der Waals surface area contributed by atoms with Crippen LogP contribution in [0.25, 0.3) is 12.2 Å². The van der Waals surface area contributed by atoms with Gasteiger partial charge in [0.25, 0.3) is 0 Å². The molecule has 3 heteroatoms. The average Bonchev–Trinajstić information content (AvgIpc) is 2.96. The van der Waals surface area contributed by atoms with Crippen LogP contribution in [0.3, 0.4) is 0 Å². The summed E-state index contributed by atoms with van der Waals surface area (Å²) in [4.78, 5) is 0. The number of hydrogen-bond donors (Lipinski definition) is 0. The highest BCUT2D eigenvalue weighted by molar-refractivity contribution is 5.57. The van der Waals surface area contributed by atoms with Gasteiger partial charge in [-0.1, -0.05) is 99.5 Å². The topological polar surface area (TPSA) is 27.7 Å². The number of hydrogen-bond acceptors (Lipinski definition) is 3. The van der Waals surface area contributed by atoms with Gasteiger partial charge in [0.05, 0.1) is 13.2 Å². The second-order valence-electron chi connectivity index (χ2n) is 9.39. The fourth-order valence-corrected chi connectivity index (χ4v) is 4.39. The summed E-state index contributed by atoms with van der Waals surface area (Å²) in [5, 5.41) is 0.